The van der Waals surface area contributed by atoms with Crippen LogP contribution in [0.4, 0.5) is 0 Å². The van der Waals surface area contributed by atoms with Gasteiger partial charge >= 0.3 is 0 Å². The van der Waals surface area contributed by atoms with E-state index in [-0.39, 0.29) is 5.91 Å². The van der Waals surface area contributed by atoms with Crippen LogP contribution >= 0.6 is 0 Å². The highest BCUT2D eigenvalue weighted by atomic mass is 16.5. The summed E-state index contributed by atoms with van der Waals surface area (Å²) in [6.45, 7) is 3.41. The number of para-hydroxylation sites is 1. The van der Waals surface area contributed by atoms with Crippen LogP contribution in [0.3, 0.4) is 0 Å². The number of benzene rings is 1. The molecule has 1 amide bonds. The number of hydrogen-bond donors (Lipinski definition) is 1. The van der Waals surface area contributed by atoms with E-state index in [0.717, 1.165) is 12.3 Å². The van der Waals surface area contributed by atoms with Crippen LogP contribution in [0.5, 0.6) is 5.75 Å². The van der Waals surface area contributed by atoms with Crippen molar-refractivity contribution in [3.05, 3.63) is 30.3 Å². The Morgan fingerprint density at radius 3 is 2.56 bits per heavy atom. The van der Waals surface area contributed by atoms with Crippen LogP contribution in [0.2, 0.25) is 0 Å². The Kier molecular flexibility index (Phi) is 6.22. The summed E-state index contributed by atoms with van der Waals surface area (Å²) in [7, 11) is 3.95. The van der Waals surface area contributed by atoms with Crippen molar-refractivity contribution in [2.45, 2.75) is 19.4 Å². The van der Waals surface area contributed by atoms with E-state index in [0.29, 0.717) is 13.0 Å². The fraction of sp³-hybridized carbons (Fsp3) is 0.500. The van der Waals surface area contributed by atoms with Crippen LogP contribution in [0.15, 0.2) is 30.3 Å². The molecule has 0 bridgehead atoms. The quantitative estimate of drug-likeness (QED) is 0.798. The smallest absolute Gasteiger partial charge is 0.261 e. The van der Waals surface area contributed by atoms with Gasteiger partial charge in [-0.15, -0.1) is 0 Å². The van der Waals surface area contributed by atoms with Crippen LogP contribution in [-0.4, -0.2) is 44.1 Å². The minimum atomic E-state index is -0.422. The van der Waals surface area contributed by atoms with Crippen molar-refractivity contribution in [3.63, 3.8) is 0 Å². The number of nitrogens with one attached hydrogen (secondary N) is 1. The molecule has 0 saturated carbocycles. The number of hydrogen-bond acceptors (Lipinski definition) is 3. The third-order valence-corrected chi connectivity index (χ3v) is 2.54. The summed E-state index contributed by atoms with van der Waals surface area (Å²) < 4.78 is 5.66. The maximum atomic E-state index is 11.9. The third-order valence-electron chi connectivity index (χ3n) is 2.54. The SMILES string of the molecule is CC[C@H](Oc1ccccc1)C(=O)NCCN(C)C. The molecule has 0 fully saturated rings. The first-order chi connectivity index (χ1) is 8.63. The van der Waals surface area contributed by atoms with Crippen molar-refractivity contribution in [1.29, 1.82) is 0 Å². The van der Waals surface area contributed by atoms with Gasteiger partial charge in [-0.1, -0.05) is 25.1 Å². The molecule has 0 radical (unpaired) electrons. The van der Waals surface area contributed by atoms with Crippen molar-refractivity contribution in [2.75, 3.05) is 27.2 Å². The lowest BCUT2D eigenvalue weighted by Gasteiger charge is -2.18. The van der Waals surface area contributed by atoms with Gasteiger partial charge in [0, 0.05) is 13.1 Å². The molecular formula is C14H22N2O2. The van der Waals surface area contributed by atoms with Gasteiger partial charge in [-0.25, -0.2) is 0 Å². The number of carbonyl (C=O) groups is 1. The lowest BCUT2D eigenvalue weighted by atomic mass is 10.2. The molecule has 4 heteroatoms. The maximum Gasteiger partial charge on any atom is 0.261 e. The summed E-state index contributed by atoms with van der Waals surface area (Å²) in [6.07, 6.45) is 0.234. The molecule has 0 aliphatic rings. The summed E-state index contributed by atoms with van der Waals surface area (Å²) in [5, 5.41) is 2.88. The van der Waals surface area contributed by atoms with E-state index in [1.807, 2.05) is 56.3 Å². The number of nitrogens with zero attached hydrogens (tertiary/aromatic N) is 1. The second-order valence-corrected chi connectivity index (χ2v) is 4.42. The Balaban J connectivity index is 2.43. The number of amides is 1. The lowest BCUT2D eigenvalue weighted by molar-refractivity contribution is -0.128. The highest BCUT2D eigenvalue weighted by Crippen LogP contribution is 2.12. The Morgan fingerprint density at radius 1 is 1.33 bits per heavy atom. The average Bonchev–Trinajstić information content (AvgIpc) is 2.36. The molecule has 0 heterocycles. The van der Waals surface area contributed by atoms with Gasteiger partial charge in [0.1, 0.15) is 5.75 Å². The molecule has 1 rings (SSSR count). The zero-order chi connectivity index (χ0) is 13.4. The standard InChI is InChI=1S/C14H22N2O2/c1-4-13(14(17)15-10-11-16(2)3)18-12-8-6-5-7-9-12/h5-9,13H,4,10-11H2,1-3H3,(H,15,17)/t13-/m0/s1. The van der Waals surface area contributed by atoms with Crippen molar-refractivity contribution < 1.29 is 9.53 Å². The Morgan fingerprint density at radius 2 is 2.00 bits per heavy atom. The van der Waals surface area contributed by atoms with Gasteiger partial charge in [0.2, 0.25) is 0 Å². The number of likely N-dealkylation sites (N-methyl/N-ethyl adjacent to an activating group) is 1. The minimum absolute atomic E-state index is 0.0526. The molecule has 0 saturated heterocycles. The Bertz CT molecular complexity index is 352. The molecule has 0 aliphatic heterocycles. The van der Waals surface area contributed by atoms with E-state index >= 15 is 0 Å². The summed E-state index contributed by atoms with van der Waals surface area (Å²) >= 11 is 0. The van der Waals surface area contributed by atoms with Crippen LogP contribution in [0, 0.1) is 0 Å². The molecule has 1 atom stereocenters. The van der Waals surface area contributed by atoms with Gasteiger partial charge in [-0.3, -0.25) is 4.79 Å². The molecule has 100 valence electrons. The van der Waals surface area contributed by atoms with Crippen LogP contribution in [-0.2, 0) is 4.79 Å². The van der Waals surface area contributed by atoms with Gasteiger partial charge in [0.15, 0.2) is 6.10 Å². The molecule has 0 spiro atoms. The second kappa shape index (κ2) is 7.71. The molecular weight excluding hydrogens is 228 g/mol. The fourth-order valence-corrected chi connectivity index (χ4v) is 1.50. The van der Waals surface area contributed by atoms with E-state index in [2.05, 4.69) is 5.32 Å². The van der Waals surface area contributed by atoms with Crippen molar-refractivity contribution in [1.82, 2.24) is 10.2 Å². The summed E-state index contributed by atoms with van der Waals surface area (Å²) in [6, 6.07) is 9.43. The van der Waals surface area contributed by atoms with Crippen molar-refractivity contribution in [3.8, 4) is 5.75 Å². The number of ether oxygens (including phenoxy) is 1. The van der Waals surface area contributed by atoms with Gasteiger partial charge in [0.05, 0.1) is 0 Å². The predicted molar refractivity (Wildman–Crippen MR) is 72.7 cm³/mol. The summed E-state index contributed by atoms with van der Waals surface area (Å²) in [4.78, 5) is 13.9. The second-order valence-electron chi connectivity index (χ2n) is 4.42. The molecule has 0 aromatic heterocycles. The molecule has 0 aliphatic carbocycles. The van der Waals surface area contributed by atoms with E-state index in [9.17, 15) is 4.79 Å². The fourth-order valence-electron chi connectivity index (χ4n) is 1.50. The Hall–Kier alpha value is -1.55. The topological polar surface area (TPSA) is 41.6 Å². The third kappa shape index (κ3) is 5.19. The number of rotatable bonds is 7. The molecule has 18 heavy (non-hydrogen) atoms. The largest absolute Gasteiger partial charge is 0.481 e. The number of carbonyl (C=O) groups excluding carboxylic acids is 1. The monoisotopic (exact) mass is 250 g/mol. The lowest BCUT2D eigenvalue weighted by Crippen LogP contribution is -2.40. The molecule has 4 nitrogen and oxygen atoms in total. The maximum absolute atomic E-state index is 11.9. The van der Waals surface area contributed by atoms with E-state index in [1.165, 1.54) is 0 Å². The van der Waals surface area contributed by atoms with Crippen LogP contribution in [0.1, 0.15) is 13.3 Å². The van der Waals surface area contributed by atoms with E-state index < -0.39 is 6.10 Å². The molecule has 1 aromatic carbocycles. The van der Waals surface area contributed by atoms with Gasteiger partial charge < -0.3 is 15.0 Å². The zero-order valence-electron chi connectivity index (χ0n) is 11.3. The molecule has 0 unspecified atom stereocenters. The van der Waals surface area contributed by atoms with E-state index in [4.69, 9.17) is 4.74 Å². The van der Waals surface area contributed by atoms with Crippen molar-refractivity contribution >= 4 is 5.91 Å². The van der Waals surface area contributed by atoms with Crippen LogP contribution < -0.4 is 10.1 Å². The highest BCUT2D eigenvalue weighted by Gasteiger charge is 2.17. The van der Waals surface area contributed by atoms with Gasteiger partial charge in [0.25, 0.3) is 5.91 Å². The summed E-state index contributed by atoms with van der Waals surface area (Å²) in [5.41, 5.74) is 0. The predicted octanol–water partition coefficient (Wildman–Crippen LogP) is 1.52. The van der Waals surface area contributed by atoms with Crippen LogP contribution in [0.25, 0.3) is 0 Å². The zero-order valence-corrected chi connectivity index (χ0v) is 11.3. The molecule has 1 N–H and O–H groups in total. The normalized spacial score (nSPS) is 12.2. The summed E-state index contributed by atoms with van der Waals surface area (Å²) in [5.74, 6) is 0.676. The van der Waals surface area contributed by atoms with E-state index in [1.54, 1.807) is 0 Å². The average molecular weight is 250 g/mol. The van der Waals surface area contributed by atoms with Crippen molar-refractivity contribution in [2.24, 2.45) is 0 Å². The first kappa shape index (κ1) is 14.5. The Labute approximate surface area is 109 Å². The first-order valence-corrected chi connectivity index (χ1v) is 6.27. The first-order valence-electron chi connectivity index (χ1n) is 6.27. The highest BCUT2D eigenvalue weighted by molar-refractivity contribution is 5.81. The van der Waals surface area contributed by atoms with Gasteiger partial charge in [-0.05, 0) is 32.6 Å². The molecule has 1 aromatic rings. The minimum Gasteiger partial charge on any atom is -0.481 e. The van der Waals surface area contributed by atoms with Gasteiger partial charge in [-0.2, -0.15) is 0 Å².